The van der Waals surface area contributed by atoms with E-state index in [0.29, 0.717) is 0 Å². The second-order valence-corrected chi connectivity index (χ2v) is 2.52. The molecule has 5 N–H and O–H groups in total. The number of nitrogens with one attached hydrogen (secondary N) is 1. The lowest BCUT2D eigenvalue weighted by Gasteiger charge is -1.93. The van der Waals surface area contributed by atoms with Gasteiger partial charge in [0.05, 0.1) is 0 Å². The van der Waals surface area contributed by atoms with Crippen LogP contribution >= 0.6 is 11.3 Å². The van der Waals surface area contributed by atoms with E-state index in [9.17, 15) is 0 Å². The fraction of sp³-hybridized carbons (Fsp3) is 0. The molecule has 0 aliphatic rings. The number of nitrogens with two attached hydrogens (primary N) is 2. The zero-order valence-corrected chi connectivity index (χ0v) is 6.06. The minimum absolute atomic E-state index is 0.224. The van der Waals surface area contributed by atoms with Gasteiger partial charge in [0, 0.05) is 0 Å². The molecule has 0 radical (unpaired) electrons. The fourth-order valence-electron chi connectivity index (χ4n) is 0.484. The van der Waals surface area contributed by atoms with Crippen molar-refractivity contribution in [2.45, 2.75) is 0 Å². The molecule has 0 aliphatic carbocycles. The molecule has 10 heavy (non-hydrogen) atoms. The minimum atomic E-state index is 0.224. The van der Waals surface area contributed by atoms with Crippen LogP contribution in [0, 0.1) is 0 Å². The van der Waals surface area contributed by atoms with E-state index >= 15 is 0 Å². The number of hydrogen-bond donors (Lipinski definition) is 3. The lowest BCUT2D eigenvalue weighted by Crippen LogP contribution is -2.36. The third kappa shape index (κ3) is 1.71. The van der Waals surface area contributed by atoms with Crippen molar-refractivity contribution in [3.63, 3.8) is 0 Å². The highest BCUT2D eigenvalue weighted by molar-refractivity contribution is 7.13. The highest BCUT2D eigenvalue weighted by Gasteiger charge is 1.89. The zero-order chi connectivity index (χ0) is 7.40. The van der Waals surface area contributed by atoms with Crippen molar-refractivity contribution in [3.05, 3.63) is 17.5 Å². The van der Waals surface area contributed by atoms with Gasteiger partial charge in [-0.05, 0) is 17.5 Å². The van der Waals surface area contributed by atoms with Crippen LogP contribution < -0.4 is 17.0 Å². The van der Waals surface area contributed by atoms with Crippen LogP contribution in [0.15, 0.2) is 22.5 Å². The summed E-state index contributed by atoms with van der Waals surface area (Å²) in [6.45, 7) is 0. The molecule has 0 fully saturated rings. The lowest BCUT2D eigenvalue weighted by molar-refractivity contribution is 1.01. The van der Waals surface area contributed by atoms with E-state index < -0.39 is 0 Å². The first-order valence-electron chi connectivity index (χ1n) is 2.67. The third-order valence-electron chi connectivity index (χ3n) is 0.885. The highest BCUT2D eigenvalue weighted by atomic mass is 32.1. The Balaban J connectivity index is 2.71. The molecule has 4 nitrogen and oxygen atoms in total. The SMILES string of the molecule is NNC(N)=Nc1cccs1. The number of nitrogens with zero attached hydrogens (tertiary/aromatic N) is 1. The Labute approximate surface area is 62.5 Å². The van der Waals surface area contributed by atoms with Crippen LogP contribution in [0.25, 0.3) is 0 Å². The fourth-order valence-corrected chi connectivity index (χ4v) is 1.09. The quantitative estimate of drug-likeness (QED) is 0.234. The molecule has 0 aliphatic heterocycles. The van der Waals surface area contributed by atoms with Gasteiger partial charge in [-0.1, -0.05) is 0 Å². The number of rotatable bonds is 1. The van der Waals surface area contributed by atoms with Gasteiger partial charge in [-0.2, -0.15) is 0 Å². The van der Waals surface area contributed by atoms with Crippen LogP contribution in [0.3, 0.4) is 0 Å². The van der Waals surface area contributed by atoms with Gasteiger partial charge in [-0.3, -0.25) is 5.43 Å². The molecule has 54 valence electrons. The van der Waals surface area contributed by atoms with E-state index in [1.807, 2.05) is 17.5 Å². The van der Waals surface area contributed by atoms with Gasteiger partial charge < -0.3 is 5.73 Å². The van der Waals surface area contributed by atoms with E-state index in [0.717, 1.165) is 5.00 Å². The second kappa shape index (κ2) is 3.19. The van der Waals surface area contributed by atoms with Crippen LogP contribution in [0.5, 0.6) is 0 Å². The molecule has 5 heteroatoms. The van der Waals surface area contributed by atoms with Gasteiger partial charge in [0.15, 0.2) is 0 Å². The third-order valence-corrected chi connectivity index (χ3v) is 1.65. The van der Waals surface area contributed by atoms with Crippen molar-refractivity contribution in [2.24, 2.45) is 16.6 Å². The number of hydrogen-bond acceptors (Lipinski definition) is 3. The first kappa shape index (κ1) is 7.04. The summed E-state index contributed by atoms with van der Waals surface area (Å²) in [7, 11) is 0. The molecule has 0 spiro atoms. The predicted octanol–water partition coefficient (Wildman–Crippen LogP) is 0.158. The van der Waals surface area contributed by atoms with Crippen molar-refractivity contribution < 1.29 is 0 Å². The largest absolute Gasteiger partial charge is 0.369 e. The molecule has 0 saturated carbocycles. The highest BCUT2D eigenvalue weighted by Crippen LogP contribution is 2.17. The molecule has 0 atom stereocenters. The second-order valence-electron chi connectivity index (χ2n) is 1.59. The number of guanidine groups is 1. The van der Waals surface area contributed by atoms with Crippen LogP contribution in [-0.4, -0.2) is 5.96 Å². The summed E-state index contributed by atoms with van der Waals surface area (Å²) >= 11 is 1.50. The van der Waals surface area contributed by atoms with Gasteiger partial charge in [-0.15, -0.1) is 11.3 Å². The zero-order valence-electron chi connectivity index (χ0n) is 5.24. The first-order valence-corrected chi connectivity index (χ1v) is 3.55. The molecule has 0 unspecified atom stereocenters. The average Bonchev–Trinajstić information content (AvgIpc) is 2.40. The van der Waals surface area contributed by atoms with E-state index in [2.05, 4.69) is 10.4 Å². The number of hydrazine groups is 1. The van der Waals surface area contributed by atoms with Gasteiger partial charge in [-0.25, -0.2) is 10.8 Å². The molecule has 0 amide bonds. The van der Waals surface area contributed by atoms with Gasteiger partial charge in [0.25, 0.3) is 0 Å². The molecule has 1 aromatic heterocycles. The van der Waals surface area contributed by atoms with Crippen molar-refractivity contribution in [2.75, 3.05) is 0 Å². The number of aliphatic imine (C=N–C) groups is 1. The van der Waals surface area contributed by atoms with Crippen LogP contribution in [0.2, 0.25) is 0 Å². The number of thiophene rings is 1. The molecular formula is C5H8N4S. The molecular weight excluding hydrogens is 148 g/mol. The monoisotopic (exact) mass is 156 g/mol. The topological polar surface area (TPSA) is 76.4 Å². The van der Waals surface area contributed by atoms with Gasteiger partial charge >= 0.3 is 0 Å². The first-order chi connectivity index (χ1) is 4.83. The smallest absolute Gasteiger partial charge is 0.209 e. The average molecular weight is 156 g/mol. The van der Waals surface area contributed by atoms with Gasteiger partial charge in [0.1, 0.15) is 5.00 Å². The molecule has 0 bridgehead atoms. The molecule has 0 aromatic carbocycles. The normalized spacial score (nSPS) is 11.5. The summed E-state index contributed by atoms with van der Waals surface area (Å²) in [4.78, 5) is 3.91. The molecule has 1 rings (SSSR count). The van der Waals surface area contributed by atoms with Crippen molar-refractivity contribution in [1.82, 2.24) is 5.43 Å². The Kier molecular flexibility index (Phi) is 2.24. The maximum Gasteiger partial charge on any atom is 0.209 e. The van der Waals surface area contributed by atoms with E-state index in [-0.39, 0.29) is 5.96 Å². The van der Waals surface area contributed by atoms with Crippen LogP contribution in [0.4, 0.5) is 5.00 Å². The summed E-state index contributed by atoms with van der Waals surface area (Å²) < 4.78 is 0. The maximum atomic E-state index is 5.28. The lowest BCUT2D eigenvalue weighted by atomic mass is 10.6. The summed E-state index contributed by atoms with van der Waals surface area (Å²) in [6.07, 6.45) is 0. The molecule has 1 aromatic rings. The Bertz CT molecular complexity index is 216. The maximum absolute atomic E-state index is 5.28. The van der Waals surface area contributed by atoms with Crippen LogP contribution in [0.1, 0.15) is 0 Å². The summed E-state index contributed by atoms with van der Waals surface area (Å²) in [5.74, 6) is 5.21. The summed E-state index contributed by atoms with van der Waals surface area (Å²) in [5.41, 5.74) is 7.52. The minimum Gasteiger partial charge on any atom is -0.369 e. The molecule has 1 heterocycles. The molecule has 0 saturated heterocycles. The van der Waals surface area contributed by atoms with Gasteiger partial charge in [0.2, 0.25) is 5.96 Å². The van der Waals surface area contributed by atoms with Crippen LogP contribution in [-0.2, 0) is 0 Å². The Hall–Kier alpha value is -1.07. The predicted molar refractivity (Wildman–Crippen MR) is 42.9 cm³/mol. The van der Waals surface area contributed by atoms with E-state index in [4.69, 9.17) is 11.6 Å². The van der Waals surface area contributed by atoms with Crippen molar-refractivity contribution >= 4 is 22.3 Å². The van der Waals surface area contributed by atoms with E-state index in [1.54, 1.807) is 0 Å². The Morgan fingerprint density at radius 1 is 1.70 bits per heavy atom. The Morgan fingerprint density at radius 2 is 2.50 bits per heavy atom. The van der Waals surface area contributed by atoms with Crippen molar-refractivity contribution in [1.29, 1.82) is 0 Å². The van der Waals surface area contributed by atoms with Crippen molar-refractivity contribution in [3.8, 4) is 0 Å². The standard InChI is InChI=1S/C5H8N4S/c6-5(9-7)8-4-2-1-3-10-4/h1-3H,7H2,(H3,6,8,9). The van der Waals surface area contributed by atoms with E-state index in [1.165, 1.54) is 11.3 Å². The summed E-state index contributed by atoms with van der Waals surface area (Å²) in [5, 5.41) is 2.76. The summed E-state index contributed by atoms with van der Waals surface area (Å²) in [6, 6.07) is 3.75. The Morgan fingerprint density at radius 3 is 3.00 bits per heavy atom.